The van der Waals surface area contributed by atoms with Gasteiger partial charge in [0.25, 0.3) is 5.91 Å². The Bertz CT molecular complexity index is 1110. The zero-order chi connectivity index (χ0) is 25.7. The van der Waals surface area contributed by atoms with Crippen molar-refractivity contribution in [3.63, 3.8) is 0 Å². The molecule has 0 radical (unpaired) electrons. The van der Waals surface area contributed by atoms with Gasteiger partial charge in [0.1, 0.15) is 17.9 Å². The Balaban J connectivity index is 2.10. The van der Waals surface area contributed by atoms with Gasteiger partial charge >= 0.3 is 5.97 Å². The molecule has 0 aliphatic carbocycles. The van der Waals surface area contributed by atoms with Crippen molar-refractivity contribution in [2.45, 2.75) is 52.1 Å². The zero-order valence-electron chi connectivity index (χ0n) is 20.7. The van der Waals surface area contributed by atoms with E-state index in [4.69, 9.17) is 10.5 Å². The molecule has 0 spiro atoms. The van der Waals surface area contributed by atoms with Crippen molar-refractivity contribution in [3.8, 4) is 5.75 Å². The summed E-state index contributed by atoms with van der Waals surface area (Å²) in [5.41, 5.74) is 9.40. The van der Waals surface area contributed by atoms with Gasteiger partial charge in [0.15, 0.2) is 0 Å². The average molecular weight is 480 g/mol. The van der Waals surface area contributed by atoms with Crippen LogP contribution in [-0.2, 0) is 14.4 Å². The SMILES string of the molecule is CCCN(C(=O)CC(=O)O)C1=C(C)C[C@H](c2ccc(N)cc2)N([C@@H](C)c2ccc(OC)cc2)C1=O. The topological polar surface area (TPSA) is 113 Å². The first-order valence-corrected chi connectivity index (χ1v) is 11.7. The third kappa shape index (κ3) is 5.65. The second-order valence-electron chi connectivity index (χ2n) is 8.79. The number of amides is 2. The van der Waals surface area contributed by atoms with Crippen molar-refractivity contribution in [1.82, 2.24) is 9.80 Å². The van der Waals surface area contributed by atoms with Crippen LogP contribution in [0.5, 0.6) is 5.75 Å². The van der Waals surface area contributed by atoms with Gasteiger partial charge in [-0.3, -0.25) is 14.4 Å². The van der Waals surface area contributed by atoms with Gasteiger partial charge in [0.2, 0.25) is 5.91 Å². The van der Waals surface area contributed by atoms with Crippen molar-refractivity contribution in [1.29, 1.82) is 0 Å². The minimum atomic E-state index is -1.22. The maximum Gasteiger partial charge on any atom is 0.312 e. The zero-order valence-corrected chi connectivity index (χ0v) is 20.7. The standard InChI is InChI=1S/C27H33N3O5/c1-5-14-29(24(31)16-25(32)33)26-17(2)15-23(20-6-10-21(28)11-7-20)30(27(26)34)18(3)19-8-12-22(35-4)13-9-19/h6-13,18,23H,5,14-16,28H2,1-4H3,(H,32,33)/t18-,23+/m0/s1. The first kappa shape index (κ1) is 25.8. The molecule has 1 heterocycles. The summed E-state index contributed by atoms with van der Waals surface area (Å²) >= 11 is 0. The van der Waals surface area contributed by atoms with Gasteiger partial charge in [0.05, 0.1) is 19.2 Å². The molecule has 0 fully saturated rings. The Morgan fingerprint density at radius 1 is 1.17 bits per heavy atom. The highest BCUT2D eigenvalue weighted by Gasteiger charge is 2.40. The molecule has 8 heteroatoms. The number of ether oxygens (including phenoxy) is 1. The lowest BCUT2D eigenvalue weighted by molar-refractivity contribution is -0.146. The highest BCUT2D eigenvalue weighted by atomic mass is 16.5. The first-order valence-electron chi connectivity index (χ1n) is 11.7. The molecule has 1 aliphatic rings. The van der Waals surface area contributed by atoms with Crippen molar-refractivity contribution in [3.05, 3.63) is 70.9 Å². The third-order valence-electron chi connectivity index (χ3n) is 6.33. The van der Waals surface area contributed by atoms with E-state index < -0.39 is 18.3 Å². The molecule has 0 unspecified atom stereocenters. The summed E-state index contributed by atoms with van der Waals surface area (Å²) in [6, 6.07) is 14.4. The van der Waals surface area contributed by atoms with Gasteiger partial charge in [0, 0.05) is 12.2 Å². The fourth-order valence-corrected chi connectivity index (χ4v) is 4.57. The number of aliphatic carboxylic acids is 1. The second-order valence-corrected chi connectivity index (χ2v) is 8.79. The van der Waals surface area contributed by atoms with Gasteiger partial charge in [-0.15, -0.1) is 0 Å². The molecule has 2 aromatic rings. The van der Waals surface area contributed by atoms with Gasteiger partial charge < -0.3 is 25.4 Å². The van der Waals surface area contributed by atoms with E-state index in [1.54, 1.807) is 12.0 Å². The fourth-order valence-electron chi connectivity index (χ4n) is 4.57. The van der Waals surface area contributed by atoms with Crippen LogP contribution in [-0.4, -0.2) is 46.3 Å². The van der Waals surface area contributed by atoms with Gasteiger partial charge in [-0.25, -0.2) is 0 Å². The maximum atomic E-state index is 14.1. The maximum absolute atomic E-state index is 14.1. The molecule has 0 saturated carbocycles. The van der Waals surface area contributed by atoms with Crippen LogP contribution in [0.15, 0.2) is 59.8 Å². The molecule has 0 saturated heterocycles. The molecule has 2 atom stereocenters. The summed E-state index contributed by atoms with van der Waals surface area (Å²) in [4.78, 5) is 41.4. The van der Waals surface area contributed by atoms with Gasteiger partial charge in [-0.2, -0.15) is 0 Å². The van der Waals surface area contributed by atoms with Crippen LogP contribution >= 0.6 is 0 Å². The number of carbonyl (C=O) groups excluding carboxylic acids is 2. The number of rotatable bonds is 9. The fraction of sp³-hybridized carbons (Fsp3) is 0.370. The van der Waals surface area contributed by atoms with Crippen molar-refractivity contribution in [2.75, 3.05) is 19.4 Å². The van der Waals surface area contributed by atoms with E-state index in [1.807, 2.05) is 69.3 Å². The Morgan fingerprint density at radius 2 is 1.80 bits per heavy atom. The predicted octanol–water partition coefficient (Wildman–Crippen LogP) is 4.30. The Kier molecular flexibility index (Phi) is 8.17. The number of nitrogens with two attached hydrogens (primary N) is 1. The van der Waals surface area contributed by atoms with Crippen LogP contribution in [0.3, 0.4) is 0 Å². The molecule has 186 valence electrons. The molecule has 35 heavy (non-hydrogen) atoms. The first-order chi connectivity index (χ1) is 16.7. The summed E-state index contributed by atoms with van der Waals surface area (Å²) in [5, 5.41) is 9.20. The Labute approximate surface area is 206 Å². The minimum Gasteiger partial charge on any atom is -0.497 e. The minimum absolute atomic E-state index is 0.266. The number of hydrogen-bond acceptors (Lipinski definition) is 5. The van der Waals surface area contributed by atoms with E-state index in [-0.39, 0.29) is 30.2 Å². The molecule has 2 amide bonds. The summed E-state index contributed by atoms with van der Waals surface area (Å²) in [6.45, 7) is 5.94. The number of hydrogen-bond donors (Lipinski definition) is 2. The number of nitrogen functional groups attached to an aromatic ring is 1. The van der Waals surface area contributed by atoms with Gasteiger partial charge in [-0.1, -0.05) is 31.2 Å². The van der Waals surface area contributed by atoms with E-state index in [9.17, 15) is 19.5 Å². The quantitative estimate of drug-likeness (QED) is 0.410. The number of carboxylic acids is 1. The number of carbonyl (C=O) groups is 3. The van der Waals surface area contributed by atoms with Gasteiger partial charge in [-0.05, 0) is 67.7 Å². The number of anilines is 1. The van der Waals surface area contributed by atoms with Crippen molar-refractivity contribution < 1.29 is 24.2 Å². The lowest BCUT2D eigenvalue weighted by Gasteiger charge is -2.43. The van der Waals surface area contributed by atoms with Crippen LogP contribution in [0.2, 0.25) is 0 Å². The molecule has 3 rings (SSSR count). The lowest BCUT2D eigenvalue weighted by atomic mass is 9.89. The van der Waals surface area contributed by atoms with Crippen LogP contribution < -0.4 is 10.5 Å². The molecule has 2 aromatic carbocycles. The van der Waals surface area contributed by atoms with Crippen molar-refractivity contribution in [2.24, 2.45) is 0 Å². The average Bonchev–Trinajstić information content (AvgIpc) is 2.83. The second kappa shape index (κ2) is 11.1. The summed E-state index contributed by atoms with van der Waals surface area (Å²) in [7, 11) is 1.60. The molecule has 3 N–H and O–H groups in total. The summed E-state index contributed by atoms with van der Waals surface area (Å²) in [6.07, 6.45) is 0.427. The van der Waals surface area contributed by atoms with Crippen molar-refractivity contribution >= 4 is 23.5 Å². The number of nitrogens with zero attached hydrogens (tertiary/aromatic N) is 2. The molecular weight excluding hydrogens is 446 g/mol. The monoisotopic (exact) mass is 479 g/mol. The molecule has 1 aliphatic heterocycles. The summed E-state index contributed by atoms with van der Waals surface area (Å²) in [5.74, 6) is -1.40. The van der Waals surface area contributed by atoms with Crippen LogP contribution in [0.4, 0.5) is 5.69 Å². The summed E-state index contributed by atoms with van der Waals surface area (Å²) < 4.78 is 5.27. The largest absolute Gasteiger partial charge is 0.497 e. The highest BCUT2D eigenvalue weighted by Crippen LogP contribution is 2.41. The Morgan fingerprint density at radius 3 is 2.34 bits per heavy atom. The van der Waals surface area contributed by atoms with E-state index in [1.165, 1.54) is 4.90 Å². The van der Waals surface area contributed by atoms with E-state index in [2.05, 4.69) is 0 Å². The molecular formula is C27H33N3O5. The highest BCUT2D eigenvalue weighted by molar-refractivity contribution is 6.02. The number of benzene rings is 2. The number of methoxy groups -OCH3 is 1. The van der Waals surface area contributed by atoms with E-state index >= 15 is 0 Å². The predicted molar refractivity (Wildman–Crippen MR) is 133 cm³/mol. The molecule has 0 aromatic heterocycles. The normalized spacial score (nSPS) is 16.7. The van der Waals surface area contributed by atoms with E-state index in [0.29, 0.717) is 24.3 Å². The van der Waals surface area contributed by atoms with Crippen LogP contribution in [0.1, 0.15) is 63.2 Å². The molecule has 8 nitrogen and oxygen atoms in total. The van der Waals surface area contributed by atoms with E-state index in [0.717, 1.165) is 16.7 Å². The van der Waals surface area contributed by atoms with Crippen LogP contribution in [0.25, 0.3) is 0 Å². The third-order valence-corrected chi connectivity index (χ3v) is 6.33. The Hall–Kier alpha value is -3.81. The lowest BCUT2D eigenvalue weighted by Crippen LogP contribution is -2.47. The smallest absolute Gasteiger partial charge is 0.312 e. The number of carboxylic acid groups (broad SMARTS) is 1. The molecule has 0 bridgehead atoms. The van der Waals surface area contributed by atoms with Crippen LogP contribution in [0, 0.1) is 0 Å².